The predicted octanol–water partition coefficient (Wildman–Crippen LogP) is 5.23. The molecule has 27 heavy (non-hydrogen) atoms. The molecular formula is C20H17BrF2N4. The quantitative estimate of drug-likeness (QED) is 0.378. The first kappa shape index (κ1) is 18.0. The Morgan fingerprint density at radius 1 is 1.37 bits per heavy atom. The second-order valence-corrected chi connectivity index (χ2v) is 7.65. The topological polar surface area (TPSA) is 40.9 Å². The van der Waals surface area contributed by atoms with Gasteiger partial charge >= 0.3 is 0 Å². The van der Waals surface area contributed by atoms with Crippen molar-refractivity contribution in [3.05, 3.63) is 58.9 Å². The van der Waals surface area contributed by atoms with Crippen LogP contribution >= 0.6 is 15.9 Å². The minimum absolute atomic E-state index is 0.0892. The largest absolute Gasteiger partial charge is 0.330 e. The van der Waals surface area contributed by atoms with Gasteiger partial charge in [-0.3, -0.25) is 4.98 Å². The Morgan fingerprint density at radius 3 is 2.89 bits per heavy atom. The van der Waals surface area contributed by atoms with Crippen LogP contribution in [0.15, 0.2) is 63.5 Å². The van der Waals surface area contributed by atoms with Crippen molar-refractivity contribution >= 4 is 45.0 Å². The zero-order valence-corrected chi connectivity index (χ0v) is 16.0. The van der Waals surface area contributed by atoms with Crippen LogP contribution < -0.4 is 0 Å². The lowest BCUT2D eigenvalue weighted by atomic mass is 10.0. The van der Waals surface area contributed by atoms with E-state index in [1.807, 2.05) is 41.4 Å². The van der Waals surface area contributed by atoms with Crippen molar-refractivity contribution in [2.24, 2.45) is 16.1 Å². The minimum atomic E-state index is -2.58. The van der Waals surface area contributed by atoms with E-state index in [0.717, 1.165) is 26.5 Å². The van der Waals surface area contributed by atoms with E-state index in [0.29, 0.717) is 12.4 Å². The summed E-state index contributed by atoms with van der Waals surface area (Å²) in [5.41, 5.74) is 3.04. The van der Waals surface area contributed by atoms with Crippen molar-refractivity contribution in [2.45, 2.75) is 18.8 Å². The van der Waals surface area contributed by atoms with E-state index >= 15 is 0 Å². The van der Waals surface area contributed by atoms with Crippen molar-refractivity contribution in [3.63, 3.8) is 0 Å². The van der Waals surface area contributed by atoms with Crippen LogP contribution in [0, 0.1) is 5.92 Å². The Hall–Kier alpha value is -2.41. The Labute approximate surface area is 164 Å². The molecule has 138 valence electrons. The number of benzene rings is 1. The third-order valence-corrected chi connectivity index (χ3v) is 5.52. The van der Waals surface area contributed by atoms with Crippen LogP contribution in [-0.4, -0.2) is 34.9 Å². The van der Waals surface area contributed by atoms with Gasteiger partial charge in [-0.2, -0.15) is 5.10 Å². The van der Waals surface area contributed by atoms with Crippen LogP contribution in [0.4, 0.5) is 8.78 Å². The van der Waals surface area contributed by atoms with Gasteiger partial charge in [0.25, 0.3) is 5.92 Å². The highest BCUT2D eigenvalue weighted by Crippen LogP contribution is 2.51. The van der Waals surface area contributed by atoms with Gasteiger partial charge in [0.1, 0.15) is 5.84 Å². The maximum Gasteiger partial charge on any atom is 0.252 e. The fourth-order valence-electron chi connectivity index (χ4n) is 3.22. The van der Waals surface area contributed by atoms with E-state index in [-0.39, 0.29) is 12.8 Å². The second kappa shape index (κ2) is 6.96. The van der Waals surface area contributed by atoms with Gasteiger partial charge in [-0.15, -0.1) is 5.10 Å². The number of allylic oxidation sites excluding steroid dienone is 2. The first-order valence-corrected chi connectivity index (χ1v) is 9.36. The minimum Gasteiger partial charge on any atom is -0.330 e. The number of aromatic nitrogens is 1. The Morgan fingerprint density at radius 2 is 2.19 bits per heavy atom. The fourth-order valence-corrected chi connectivity index (χ4v) is 3.86. The molecule has 0 radical (unpaired) electrons. The number of rotatable bonds is 4. The van der Waals surface area contributed by atoms with Crippen LogP contribution in [-0.2, 0) is 0 Å². The lowest BCUT2D eigenvalue weighted by Gasteiger charge is -2.26. The summed E-state index contributed by atoms with van der Waals surface area (Å²) in [6.45, 7) is 3.87. The van der Waals surface area contributed by atoms with Crippen molar-refractivity contribution in [1.29, 1.82) is 0 Å². The molecule has 0 amide bonds. The summed E-state index contributed by atoms with van der Waals surface area (Å²) in [5.74, 6) is -2.75. The Bertz CT molecular complexity index is 996. The molecule has 1 saturated carbocycles. The summed E-state index contributed by atoms with van der Waals surface area (Å²) >= 11 is 3.64. The van der Waals surface area contributed by atoms with E-state index in [2.05, 4.69) is 43.9 Å². The van der Waals surface area contributed by atoms with Crippen LogP contribution in [0.3, 0.4) is 0 Å². The highest BCUT2D eigenvalue weighted by Gasteiger charge is 2.57. The van der Waals surface area contributed by atoms with Gasteiger partial charge in [0.15, 0.2) is 0 Å². The molecule has 4 rings (SSSR count). The average molecular weight is 431 g/mol. The number of alkyl halides is 2. The van der Waals surface area contributed by atoms with Gasteiger partial charge in [0.2, 0.25) is 0 Å². The van der Waals surface area contributed by atoms with E-state index in [9.17, 15) is 8.78 Å². The van der Waals surface area contributed by atoms with Gasteiger partial charge < -0.3 is 4.90 Å². The molecule has 2 aliphatic rings. The molecule has 0 bridgehead atoms. The second-order valence-electron chi connectivity index (χ2n) is 6.70. The molecule has 1 aliphatic heterocycles. The monoisotopic (exact) mass is 430 g/mol. The maximum absolute atomic E-state index is 13.3. The number of hydrogen-bond donors (Lipinski definition) is 0. The highest BCUT2D eigenvalue weighted by atomic mass is 79.9. The third-order valence-electron chi connectivity index (χ3n) is 4.84. The van der Waals surface area contributed by atoms with Crippen LogP contribution in [0.25, 0.3) is 16.5 Å². The summed E-state index contributed by atoms with van der Waals surface area (Å²) in [4.78, 5) is 6.17. The summed E-state index contributed by atoms with van der Waals surface area (Å²) < 4.78 is 27.5. The van der Waals surface area contributed by atoms with Crippen molar-refractivity contribution in [3.8, 4) is 0 Å². The average Bonchev–Trinajstić information content (AvgIpc) is 3.27. The molecular weight excluding hydrogens is 414 g/mol. The fraction of sp³-hybridized carbons (Fsp3) is 0.250. The number of halogens is 3. The summed E-state index contributed by atoms with van der Waals surface area (Å²) in [6.07, 6.45) is 5.68. The number of hydrogen-bond acceptors (Lipinski definition) is 3. The van der Waals surface area contributed by atoms with Crippen LogP contribution in [0.2, 0.25) is 0 Å². The molecule has 0 N–H and O–H groups in total. The zero-order chi connectivity index (χ0) is 19.0. The summed E-state index contributed by atoms with van der Waals surface area (Å²) in [5, 5.41) is 8.60. The van der Waals surface area contributed by atoms with E-state index in [1.165, 1.54) is 0 Å². The van der Waals surface area contributed by atoms with Crippen molar-refractivity contribution in [2.75, 3.05) is 6.54 Å². The molecule has 2 heterocycles. The first-order valence-electron chi connectivity index (χ1n) is 8.57. The smallest absolute Gasteiger partial charge is 0.252 e. The zero-order valence-electron chi connectivity index (χ0n) is 14.4. The molecule has 1 fully saturated rings. The number of pyridine rings is 1. The van der Waals surface area contributed by atoms with Crippen molar-refractivity contribution < 1.29 is 8.78 Å². The molecule has 1 aliphatic carbocycles. The standard InChI is InChI=1S/C20H17BrF2N4/c1-24-26-19(10-15-11-20(15,22)23)27-8-6-16(17(21)12-27)13-4-5-18-14(9-13)3-2-7-25-18/h2-9,15H,1,10-12H2/b26-19-. The molecule has 4 nitrogen and oxygen atoms in total. The van der Waals surface area contributed by atoms with Crippen LogP contribution in [0.5, 0.6) is 0 Å². The highest BCUT2D eigenvalue weighted by molar-refractivity contribution is 9.11. The van der Waals surface area contributed by atoms with Gasteiger partial charge in [0, 0.05) is 47.7 Å². The maximum atomic E-state index is 13.3. The van der Waals surface area contributed by atoms with E-state index < -0.39 is 11.8 Å². The molecule has 1 aromatic heterocycles. The normalized spacial score (nSPS) is 21.7. The number of fused-ring (bicyclic) bond motifs is 1. The molecule has 0 spiro atoms. The van der Waals surface area contributed by atoms with E-state index in [1.54, 1.807) is 6.20 Å². The van der Waals surface area contributed by atoms with Gasteiger partial charge in [0.05, 0.1) is 12.1 Å². The Balaban J connectivity index is 1.56. The lowest BCUT2D eigenvalue weighted by molar-refractivity contribution is 0.0998. The molecule has 1 aromatic carbocycles. The molecule has 1 atom stereocenters. The number of nitrogens with zero attached hydrogens (tertiary/aromatic N) is 4. The lowest BCUT2D eigenvalue weighted by Crippen LogP contribution is -2.29. The summed E-state index contributed by atoms with van der Waals surface area (Å²) in [7, 11) is 0. The molecule has 7 heteroatoms. The Kier molecular flexibility index (Phi) is 4.63. The van der Waals surface area contributed by atoms with Crippen LogP contribution in [0.1, 0.15) is 18.4 Å². The summed E-state index contributed by atoms with van der Waals surface area (Å²) in [6, 6.07) is 10.0. The number of amidine groups is 1. The molecule has 1 unspecified atom stereocenters. The van der Waals surface area contributed by atoms with Gasteiger partial charge in [-0.05, 0) is 35.4 Å². The first-order chi connectivity index (χ1) is 13.0. The third kappa shape index (κ3) is 3.69. The van der Waals surface area contributed by atoms with Gasteiger partial charge in [-0.1, -0.05) is 28.1 Å². The molecule has 0 saturated heterocycles. The van der Waals surface area contributed by atoms with E-state index in [4.69, 9.17) is 0 Å². The molecule has 2 aromatic rings. The predicted molar refractivity (Wildman–Crippen MR) is 108 cm³/mol. The van der Waals surface area contributed by atoms with Gasteiger partial charge in [-0.25, -0.2) is 8.78 Å². The van der Waals surface area contributed by atoms with Crippen molar-refractivity contribution in [1.82, 2.24) is 9.88 Å². The SMILES string of the molecule is C=N/N=C(/CC1CC1(F)F)N1C=CC(c2ccc3ncccc3c2)=C(Br)C1.